The molecule has 1 unspecified atom stereocenters. The highest BCUT2D eigenvalue weighted by Crippen LogP contribution is 2.24. The van der Waals surface area contributed by atoms with Crippen molar-refractivity contribution in [2.75, 3.05) is 5.32 Å². The Bertz CT molecular complexity index is 823. The van der Waals surface area contributed by atoms with E-state index in [0.29, 0.717) is 6.07 Å². The molecule has 0 aliphatic heterocycles. The van der Waals surface area contributed by atoms with Crippen molar-refractivity contribution in [3.8, 4) is 0 Å². The first-order valence-corrected chi connectivity index (χ1v) is 7.95. The zero-order valence-electron chi connectivity index (χ0n) is 14.6. The average Bonchev–Trinajstić information content (AvgIpc) is 2.62. The maximum Gasteiger partial charge on any atom is 0.239 e. The molecule has 2 N–H and O–H groups in total. The SMILES string of the molecule is CC(NC(=O)C(C)(C)C(=O)Nc1ccc(F)c(F)c1F)c1ccccc1. The maximum atomic E-state index is 13.7. The molecule has 1 atom stereocenters. The van der Waals surface area contributed by atoms with E-state index in [1.807, 2.05) is 30.3 Å². The van der Waals surface area contributed by atoms with Crippen LogP contribution in [0.25, 0.3) is 0 Å². The van der Waals surface area contributed by atoms with Crippen molar-refractivity contribution in [3.05, 3.63) is 65.5 Å². The van der Waals surface area contributed by atoms with Crippen LogP contribution in [0.4, 0.5) is 18.9 Å². The number of rotatable bonds is 5. The molecule has 2 aromatic rings. The smallest absolute Gasteiger partial charge is 0.239 e. The van der Waals surface area contributed by atoms with E-state index in [0.717, 1.165) is 11.6 Å². The fraction of sp³-hybridized carbons (Fsp3) is 0.263. The molecule has 0 aliphatic rings. The van der Waals surface area contributed by atoms with Crippen LogP contribution in [0.15, 0.2) is 42.5 Å². The van der Waals surface area contributed by atoms with E-state index >= 15 is 0 Å². The minimum absolute atomic E-state index is 0.351. The second-order valence-electron chi connectivity index (χ2n) is 6.41. The van der Waals surface area contributed by atoms with Crippen LogP contribution in [0.3, 0.4) is 0 Å². The molecule has 0 aromatic heterocycles. The summed E-state index contributed by atoms with van der Waals surface area (Å²) >= 11 is 0. The van der Waals surface area contributed by atoms with Crippen molar-refractivity contribution in [2.45, 2.75) is 26.8 Å². The molecule has 2 aromatic carbocycles. The van der Waals surface area contributed by atoms with E-state index in [9.17, 15) is 22.8 Å². The van der Waals surface area contributed by atoms with Crippen LogP contribution in [0.1, 0.15) is 32.4 Å². The van der Waals surface area contributed by atoms with Gasteiger partial charge in [0.15, 0.2) is 17.5 Å². The number of hydrogen-bond donors (Lipinski definition) is 2. The van der Waals surface area contributed by atoms with Gasteiger partial charge >= 0.3 is 0 Å². The van der Waals surface area contributed by atoms with Crippen molar-refractivity contribution in [1.82, 2.24) is 5.32 Å². The number of hydrogen-bond acceptors (Lipinski definition) is 2. The highest BCUT2D eigenvalue weighted by molar-refractivity contribution is 6.10. The fourth-order valence-corrected chi connectivity index (χ4v) is 2.21. The normalized spacial score (nSPS) is 12.4. The predicted octanol–water partition coefficient (Wildman–Crippen LogP) is 3.95. The van der Waals surface area contributed by atoms with Crippen molar-refractivity contribution < 1.29 is 22.8 Å². The summed E-state index contributed by atoms with van der Waals surface area (Å²) in [6.07, 6.45) is 0. The topological polar surface area (TPSA) is 58.2 Å². The lowest BCUT2D eigenvalue weighted by Crippen LogP contribution is -2.46. The summed E-state index contributed by atoms with van der Waals surface area (Å²) in [5.41, 5.74) is -1.25. The summed E-state index contributed by atoms with van der Waals surface area (Å²) in [7, 11) is 0. The largest absolute Gasteiger partial charge is 0.349 e. The zero-order chi connectivity index (χ0) is 19.5. The van der Waals surface area contributed by atoms with E-state index in [1.54, 1.807) is 6.92 Å². The molecule has 4 nitrogen and oxygen atoms in total. The van der Waals surface area contributed by atoms with Gasteiger partial charge in [-0.2, -0.15) is 0 Å². The Labute approximate surface area is 149 Å². The van der Waals surface area contributed by atoms with Crippen LogP contribution in [-0.2, 0) is 9.59 Å². The molecule has 0 radical (unpaired) electrons. The quantitative estimate of drug-likeness (QED) is 0.624. The summed E-state index contributed by atoms with van der Waals surface area (Å²) in [5.74, 6) is -6.02. The molecule has 0 fully saturated rings. The van der Waals surface area contributed by atoms with Crippen molar-refractivity contribution >= 4 is 17.5 Å². The highest BCUT2D eigenvalue weighted by Gasteiger charge is 2.37. The van der Waals surface area contributed by atoms with Gasteiger partial charge in [-0.05, 0) is 38.5 Å². The Hall–Kier alpha value is -2.83. The van der Waals surface area contributed by atoms with Crippen molar-refractivity contribution in [3.63, 3.8) is 0 Å². The van der Waals surface area contributed by atoms with E-state index in [-0.39, 0.29) is 6.04 Å². The van der Waals surface area contributed by atoms with E-state index < -0.39 is 40.4 Å². The average molecular weight is 364 g/mol. The molecule has 26 heavy (non-hydrogen) atoms. The number of carbonyl (C=O) groups is 2. The Morgan fingerprint density at radius 1 is 0.923 bits per heavy atom. The molecule has 0 aliphatic carbocycles. The molecular formula is C19H19F3N2O2. The molecular weight excluding hydrogens is 345 g/mol. The molecule has 2 rings (SSSR count). The molecule has 0 spiro atoms. The van der Waals surface area contributed by atoms with Crippen LogP contribution >= 0.6 is 0 Å². The molecule has 0 saturated heterocycles. The Morgan fingerprint density at radius 3 is 2.15 bits per heavy atom. The van der Waals surface area contributed by atoms with Gasteiger partial charge < -0.3 is 10.6 Å². The molecule has 0 heterocycles. The fourth-order valence-electron chi connectivity index (χ4n) is 2.21. The second kappa shape index (κ2) is 7.59. The molecule has 2 amide bonds. The van der Waals surface area contributed by atoms with Gasteiger partial charge in [-0.3, -0.25) is 9.59 Å². The monoisotopic (exact) mass is 364 g/mol. The Morgan fingerprint density at radius 2 is 1.54 bits per heavy atom. The van der Waals surface area contributed by atoms with Crippen LogP contribution in [0.2, 0.25) is 0 Å². The molecule has 138 valence electrons. The van der Waals surface area contributed by atoms with Crippen LogP contribution in [0.5, 0.6) is 0 Å². The minimum atomic E-state index is -1.69. The van der Waals surface area contributed by atoms with Gasteiger partial charge in [-0.25, -0.2) is 13.2 Å². The zero-order valence-corrected chi connectivity index (χ0v) is 14.6. The van der Waals surface area contributed by atoms with Gasteiger partial charge in [-0.15, -0.1) is 0 Å². The van der Waals surface area contributed by atoms with Crippen LogP contribution in [0, 0.1) is 22.9 Å². The first-order valence-electron chi connectivity index (χ1n) is 7.95. The summed E-state index contributed by atoms with van der Waals surface area (Å²) in [4.78, 5) is 24.9. The summed E-state index contributed by atoms with van der Waals surface area (Å²) < 4.78 is 40.0. The maximum absolute atomic E-state index is 13.7. The van der Waals surface area contributed by atoms with Gasteiger partial charge in [0, 0.05) is 0 Å². The third kappa shape index (κ3) is 4.04. The van der Waals surface area contributed by atoms with Crippen LogP contribution < -0.4 is 10.6 Å². The minimum Gasteiger partial charge on any atom is -0.349 e. The van der Waals surface area contributed by atoms with Gasteiger partial charge in [-0.1, -0.05) is 30.3 Å². The Balaban J connectivity index is 2.12. The number of benzene rings is 2. The van der Waals surface area contributed by atoms with Gasteiger partial charge in [0.2, 0.25) is 11.8 Å². The molecule has 0 bridgehead atoms. The van der Waals surface area contributed by atoms with E-state index in [2.05, 4.69) is 10.6 Å². The first-order chi connectivity index (χ1) is 12.1. The van der Waals surface area contributed by atoms with Gasteiger partial charge in [0.05, 0.1) is 11.7 Å². The standard InChI is InChI=1S/C19H19F3N2O2/c1-11(12-7-5-4-6-8-12)23-17(25)19(2,3)18(26)24-14-10-9-13(20)15(21)16(14)22/h4-11H,1-3H3,(H,23,25)(H,24,26). The number of nitrogens with one attached hydrogen (secondary N) is 2. The van der Waals surface area contributed by atoms with Gasteiger partial charge in [0.1, 0.15) is 5.41 Å². The van der Waals surface area contributed by atoms with Crippen molar-refractivity contribution in [2.24, 2.45) is 5.41 Å². The number of halogens is 3. The number of amides is 2. The lowest BCUT2D eigenvalue weighted by molar-refractivity contribution is -0.138. The Kier molecular flexibility index (Phi) is 5.69. The summed E-state index contributed by atoms with van der Waals surface area (Å²) in [6, 6.07) is 10.4. The first kappa shape index (κ1) is 19.5. The van der Waals surface area contributed by atoms with Gasteiger partial charge in [0.25, 0.3) is 0 Å². The lowest BCUT2D eigenvalue weighted by Gasteiger charge is -2.25. The van der Waals surface area contributed by atoms with Crippen molar-refractivity contribution in [1.29, 1.82) is 0 Å². The lowest BCUT2D eigenvalue weighted by atomic mass is 9.90. The summed E-state index contributed by atoms with van der Waals surface area (Å²) in [6.45, 7) is 4.47. The second-order valence-corrected chi connectivity index (χ2v) is 6.41. The summed E-state index contributed by atoms with van der Waals surface area (Å²) in [5, 5.41) is 4.84. The number of carbonyl (C=O) groups excluding carboxylic acids is 2. The third-order valence-corrected chi connectivity index (χ3v) is 4.07. The molecule has 0 saturated carbocycles. The van der Waals surface area contributed by atoms with Crippen LogP contribution in [-0.4, -0.2) is 11.8 Å². The predicted molar refractivity (Wildman–Crippen MR) is 91.7 cm³/mol. The molecule has 7 heteroatoms. The van der Waals surface area contributed by atoms with E-state index in [4.69, 9.17) is 0 Å². The third-order valence-electron chi connectivity index (χ3n) is 4.07. The highest BCUT2D eigenvalue weighted by atomic mass is 19.2. The van der Waals surface area contributed by atoms with E-state index in [1.165, 1.54) is 13.8 Å². The number of anilines is 1.